The first-order valence-electron chi connectivity index (χ1n) is 7.64. The van der Waals surface area contributed by atoms with E-state index in [0.29, 0.717) is 11.5 Å². The van der Waals surface area contributed by atoms with Crippen LogP contribution in [-0.2, 0) is 4.57 Å². The summed E-state index contributed by atoms with van der Waals surface area (Å²) in [4.78, 5) is 0. The molecule has 4 heteroatoms. The number of hydrogen-bond donors (Lipinski definition) is 0. The normalized spacial score (nSPS) is 11.1. The number of rotatable bonds is 5. The monoisotopic (exact) mass is 338 g/mol. The SMILES string of the molecule is COc1ccc(P(=O)(c2ccccc2)c2ccccc2)cc1OC. The van der Waals surface area contributed by atoms with Crippen molar-refractivity contribution in [2.75, 3.05) is 14.2 Å². The summed E-state index contributed by atoms with van der Waals surface area (Å²) in [6.07, 6.45) is 0. The Morgan fingerprint density at radius 1 is 0.625 bits per heavy atom. The van der Waals surface area contributed by atoms with Gasteiger partial charge >= 0.3 is 0 Å². The van der Waals surface area contributed by atoms with E-state index in [1.165, 1.54) is 0 Å². The summed E-state index contributed by atoms with van der Waals surface area (Å²) in [7, 11) is 0.187. The van der Waals surface area contributed by atoms with Crippen LogP contribution in [0.25, 0.3) is 0 Å². The van der Waals surface area contributed by atoms with Gasteiger partial charge in [0.05, 0.1) is 14.2 Å². The Labute approximate surface area is 142 Å². The third-order valence-electron chi connectivity index (χ3n) is 3.97. The van der Waals surface area contributed by atoms with Crippen molar-refractivity contribution >= 4 is 23.1 Å². The summed E-state index contributed by atoms with van der Waals surface area (Å²) in [5, 5.41) is 2.31. The predicted molar refractivity (Wildman–Crippen MR) is 98.9 cm³/mol. The van der Waals surface area contributed by atoms with Crippen LogP contribution in [0.2, 0.25) is 0 Å². The summed E-state index contributed by atoms with van der Waals surface area (Å²) < 4.78 is 24.9. The molecule has 0 amide bonds. The highest BCUT2D eigenvalue weighted by Crippen LogP contribution is 2.44. The molecule has 0 aliphatic carbocycles. The first kappa shape index (κ1) is 16.4. The zero-order valence-corrected chi connectivity index (χ0v) is 14.6. The van der Waals surface area contributed by atoms with Gasteiger partial charge in [0.1, 0.15) is 0 Å². The van der Waals surface area contributed by atoms with Crippen molar-refractivity contribution in [1.29, 1.82) is 0 Å². The highest BCUT2D eigenvalue weighted by molar-refractivity contribution is 7.85. The zero-order valence-electron chi connectivity index (χ0n) is 13.7. The molecule has 0 fully saturated rings. The second-order valence-electron chi connectivity index (χ2n) is 5.32. The minimum absolute atomic E-state index is 0.571. The second-order valence-corrected chi connectivity index (χ2v) is 8.09. The topological polar surface area (TPSA) is 35.5 Å². The summed E-state index contributed by atoms with van der Waals surface area (Å²) in [5.41, 5.74) is 0. The molecule has 3 aromatic rings. The van der Waals surface area contributed by atoms with E-state index in [0.717, 1.165) is 15.9 Å². The number of methoxy groups -OCH3 is 2. The zero-order chi connectivity index (χ0) is 17.0. The van der Waals surface area contributed by atoms with Crippen molar-refractivity contribution in [2.45, 2.75) is 0 Å². The van der Waals surface area contributed by atoms with Crippen LogP contribution in [0.4, 0.5) is 0 Å². The quantitative estimate of drug-likeness (QED) is 0.670. The van der Waals surface area contributed by atoms with Gasteiger partial charge < -0.3 is 14.0 Å². The van der Waals surface area contributed by atoms with Crippen LogP contribution in [0.3, 0.4) is 0 Å². The van der Waals surface area contributed by atoms with E-state index >= 15 is 0 Å². The molecule has 0 bridgehead atoms. The summed E-state index contributed by atoms with van der Waals surface area (Å²) in [6, 6.07) is 24.6. The van der Waals surface area contributed by atoms with E-state index in [9.17, 15) is 4.57 Å². The fraction of sp³-hybridized carbons (Fsp3) is 0.100. The van der Waals surface area contributed by atoms with E-state index in [-0.39, 0.29) is 0 Å². The van der Waals surface area contributed by atoms with Gasteiger partial charge in [-0.05, 0) is 18.2 Å². The standard InChI is InChI=1S/C20H19O3P/c1-22-19-14-13-18(15-20(19)23-2)24(21,16-9-5-3-6-10-16)17-11-7-4-8-12-17/h3-15H,1-2H3. The molecule has 0 aromatic heterocycles. The minimum Gasteiger partial charge on any atom is -0.493 e. The van der Waals surface area contributed by atoms with Gasteiger partial charge in [-0.3, -0.25) is 0 Å². The molecule has 0 heterocycles. The fourth-order valence-electron chi connectivity index (χ4n) is 2.74. The Morgan fingerprint density at radius 3 is 1.58 bits per heavy atom. The van der Waals surface area contributed by atoms with Crippen LogP contribution in [0.1, 0.15) is 0 Å². The van der Waals surface area contributed by atoms with Gasteiger partial charge in [0.2, 0.25) is 0 Å². The Bertz CT molecular complexity index is 817. The Morgan fingerprint density at radius 2 is 1.12 bits per heavy atom. The van der Waals surface area contributed by atoms with Gasteiger partial charge in [0.15, 0.2) is 18.6 Å². The highest BCUT2D eigenvalue weighted by atomic mass is 31.2. The van der Waals surface area contributed by atoms with E-state index in [1.54, 1.807) is 26.4 Å². The molecule has 3 nitrogen and oxygen atoms in total. The lowest BCUT2D eigenvalue weighted by atomic mass is 10.3. The highest BCUT2D eigenvalue weighted by Gasteiger charge is 2.30. The largest absolute Gasteiger partial charge is 0.493 e. The lowest BCUT2D eigenvalue weighted by Crippen LogP contribution is -2.25. The second kappa shape index (κ2) is 6.94. The Kier molecular flexibility index (Phi) is 4.73. The van der Waals surface area contributed by atoms with Crippen molar-refractivity contribution in [3.63, 3.8) is 0 Å². The van der Waals surface area contributed by atoms with Crippen LogP contribution in [0.5, 0.6) is 11.5 Å². The molecule has 0 spiro atoms. The summed E-state index contributed by atoms with van der Waals surface area (Å²) >= 11 is 0. The molecule has 122 valence electrons. The van der Waals surface area contributed by atoms with Gasteiger partial charge in [-0.25, -0.2) is 0 Å². The van der Waals surface area contributed by atoms with Crippen LogP contribution >= 0.6 is 7.14 Å². The summed E-state index contributed by atoms with van der Waals surface area (Å²) in [5.74, 6) is 1.19. The van der Waals surface area contributed by atoms with Crippen LogP contribution in [0.15, 0.2) is 78.9 Å². The van der Waals surface area contributed by atoms with E-state index in [4.69, 9.17) is 9.47 Å². The molecule has 0 saturated carbocycles. The van der Waals surface area contributed by atoms with Crippen LogP contribution in [-0.4, -0.2) is 14.2 Å². The molecule has 3 rings (SSSR count). The minimum atomic E-state index is -2.98. The maximum Gasteiger partial charge on any atom is 0.171 e. The maximum atomic E-state index is 14.2. The van der Waals surface area contributed by atoms with Crippen LogP contribution in [0, 0.1) is 0 Å². The molecule has 24 heavy (non-hydrogen) atoms. The van der Waals surface area contributed by atoms with E-state index < -0.39 is 7.14 Å². The molecule has 0 saturated heterocycles. The fourth-order valence-corrected chi connectivity index (χ4v) is 5.41. The van der Waals surface area contributed by atoms with Gasteiger partial charge in [-0.2, -0.15) is 0 Å². The molecule has 3 aromatic carbocycles. The third kappa shape index (κ3) is 2.83. The Hall–Kier alpha value is -2.51. The van der Waals surface area contributed by atoms with Crippen molar-refractivity contribution in [2.24, 2.45) is 0 Å². The van der Waals surface area contributed by atoms with Crippen molar-refractivity contribution in [3.05, 3.63) is 78.9 Å². The third-order valence-corrected chi connectivity index (χ3v) is 7.03. The number of benzene rings is 3. The van der Waals surface area contributed by atoms with Crippen molar-refractivity contribution in [1.82, 2.24) is 0 Å². The van der Waals surface area contributed by atoms with Gasteiger partial charge in [0, 0.05) is 15.9 Å². The van der Waals surface area contributed by atoms with Crippen molar-refractivity contribution in [3.8, 4) is 11.5 Å². The average molecular weight is 338 g/mol. The molecule has 0 radical (unpaired) electrons. The molecular weight excluding hydrogens is 319 g/mol. The lowest BCUT2D eigenvalue weighted by molar-refractivity contribution is 0.355. The summed E-state index contributed by atoms with van der Waals surface area (Å²) in [6.45, 7) is 0. The first-order valence-corrected chi connectivity index (χ1v) is 9.34. The van der Waals surface area contributed by atoms with Crippen molar-refractivity contribution < 1.29 is 14.0 Å². The molecule has 0 atom stereocenters. The number of hydrogen-bond acceptors (Lipinski definition) is 3. The first-order chi connectivity index (χ1) is 11.7. The molecule has 0 N–H and O–H groups in total. The lowest BCUT2D eigenvalue weighted by Gasteiger charge is -2.21. The smallest absolute Gasteiger partial charge is 0.171 e. The van der Waals surface area contributed by atoms with Crippen LogP contribution < -0.4 is 25.4 Å². The predicted octanol–water partition coefficient (Wildman–Crippen LogP) is 3.34. The maximum absolute atomic E-state index is 14.2. The van der Waals surface area contributed by atoms with Gasteiger partial charge in [-0.1, -0.05) is 60.7 Å². The van der Waals surface area contributed by atoms with Gasteiger partial charge in [0.25, 0.3) is 0 Å². The van der Waals surface area contributed by atoms with E-state index in [2.05, 4.69) is 0 Å². The van der Waals surface area contributed by atoms with E-state index in [1.807, 2.05) is 66.7 Å². The molecule has 0 aliphatic heterocycles. The number of ether oxygens (including phenoxy) is 2. The molecule has 0 unspecified atom stereocenters. The average Bonchev–Trinajstić information content (AvgIpc) is 2.68. The Balaban J connectivity index is 2.26. The van der Waals surface area contributed by atoms with Gasteiger partial charge in [-0.15, -0.1) is 0 Å². The molecule has 0 aliphatic rings. The molecular formula is C20H19O3P.